The zero-order chi connectivity index (χ0) is 25.1. The van der Waals surface area contributed by atoms with Crippen LogP contribution in [0.5, 0.6) is 0 Å². The molecule has 2 amide bonds. The highest BCUT2D eigenvalue weighted by Crippen LogP contribution is 2.38. The third-order valence-electron chi connectivity index (χ3n) is 7.06. The van der Waals surface area contributed by atoms with Gasteiger partial charge in [-0.1, -0.05) is 35.9 Å². The second-order valence-electron chi connectivity index (χ2n) is 9.39. The molecule has 0 N–H and O–H groups in total. The maximum absolute atomic E-state index is 13.4. The molecule has 0 unspecified atom stereocenters. The van der Waals surface area contributed by atoms with Crippen LogP contribution in [0.3, 0.4) is 0 Å². The van der Waals surface area contributed by atoms with Crippen molar-refractivity contribution >= 4 is 34.8 Å². The van der Waals surface area contributed by atoms with Gasteiger partial charge in [-0.05, 0) is 65.2 Å². The van der Waals surface area contributed by atoms with E-state index >= 15 is 0 Å². The summed E-state index contributed by atoms with van der Waals surface area (Å²) in [6.07, 6.45) is 1.93. The zero-order valence-corrected chi connectivity index (χ0v) is 21.6. The summed E-state index contributed by atoms with van der Waals surface area (Å²) >= 11 is 7.92. The number of halogens is 2. The van der Waals surface area contributed by atoms with E-state index in [2.05, 4.69) is 16.3 Å². The molecule has 5 rings (SSSR count). The summed E-state index contributed by atoms with van der Waals surface area (Å²) in [6.45, 7) is 3.47. The van der Waals surface area contributed by atoms with Gasteiger partial charge in [0.05, 0.1) is 19.0 Å². The minimum Gasteiger partial charge on any atom is -0.341 e. The molecule has 1 aromatic heterocycles. The van der Waals surface area contributed by atoms with Crippen LogP contribution in [0.2, 0.25) is 5.02 Å². The van der Waals surface area contributed by atoms with E-state index in [0.717, 1.165) is 30.5 Å². The smallest absolute Gasteiger partial charge is 0.236 e. The summed E-state index contributed by atoms with van der Waals surface area (Å²) in [7, 11) is 0. The van der Waals surface area contributed by atoms with E-state index in [4.69, 9.17) is 11.6 Å². The molecule has 0 saturated carbocycles. The van der Waals surface area contributed by atoms with Crippen molar-refractivity contribution in [1.29, 1.82) is 0 Å². The predicted molar refractivity (Wildman–Crippen MR) is 141 cm³/mol. The molecule has 2 aromatic carbocycles. The van der Waals surface area contributed by atoms with Gasteiger partial charge in [0.15, 0.2) is 0 Å². The Morgan fingerprint density at radius 3 is 2.31 bits per heavy atom. The van der Waals surface area contributed by atoms with Gasteiger partial charge in [-0.2, -0.15) is 0 Å². The van der Waals surface area contributed by atoms with Crippen LogP contribution in [0, 0.1) is 5.82 Å². The Bertz CT molecular complexity index is 1210. The van der Waals surface area contributed by atoms with E-state index in [9.17, 15) is 14.0 Å². The lowest BCUT2D eigenvalue weighted by Crippen LogP contribution is -2.45. The number of carbonyl (C=O) groups excluding carboxylic acids is 2. The molecule has 188 valence electrons. The van der Waals surface area contributed by atoms with E-state index in [0.29, 0.717) is 37.7 Å². The van der Waals surface area contributed by atoms with Crippen LogP contribution in [-0.4, -0.2) is 65.8 Å². The number of benzene rings is 2. The van der Waals surface area contributed by atoms with E-state index in [-0.39, 0.29) is 30.1 Å². The van der Waals surface area contributed by atoms with Crippen LogP contribution in [-0.2, 0) is 22.4 Å². The van der Waals surface area contributed by atoms with Gasteiger partial charge in [0.2, 0.25) is 11.8 Å². The van der Waals surface area contributed by atoms with E-state index < -0.39 is 0 Å². The Morgan fingerprint density at radius 2 is 1.58 bits per heavy atom. The van der Waals surface area contributed by atoms with Crippen molar-refractivity contribution in [1.82, 2.24) is 14.7 Å². The van der Waals surface area contributed by atoms with Crippen LogP contribution < -0.4 is 0 Å². The molecule has 0 aliphatic carbocycles. The highest BCUT2D eigenvalue weighted by atomic mass is 35.5. The normalized spacial score (nSPS) is 18.6. The molecule has 0 radical (unpaired) electrons. The van der Waals surface area contributed by atoms with Gasteiger partial charge in [0, 0.05) is 42.6 Å². The fourth-order valence-electron chi connectivity index (χ4n) is 5.15. The lowest BCUT2D eigenvalue weighted by Gasteiger charge is -2.37. The zero-order valence-electron chi connectivity index (χ0n) is 20.0. The van der Waals surface area contributed by atoms with Crippen molar-refractivity contribution in [3.05, 3.63) is 92.4 Å². The third kappa shape index (κ3) is 5.64. The van der Waals surface area contributed by atoms with E-state index in [1.165, 1.54) is 22.6 Å². The second kappa shape index (κ2) is 11.1. The number of amides is 2. The number of thiophene rings is 1. The lowest BCUT2D eigenvalue weighted by molar-refractivity contribution is -0.134. The Morgan fingerprint density at radius 1 is 0.889 bits per heavy atom. The summed E-state index contributed by atoms with van der Waals surface area (Å²) in [5, 5.41) is 2.83. The molecule has 1 fully saturated rings. The highest BCUT2D eigenvalue weighted by Gasteiger charge is 2.32. The van der Waals surface area contributed by atoms with Gasteiger partial charge in [0.25, 0.3) is 0 Å². The predicted octanol–water partition coefficient (Wildman–Crippen LogP) is 4.79. The summed E-state index contributed by atoms with van der Waals surface area (Å²) in [6, 6.07) is 16.2. The lowest BCUT2D eigenvalue weighted by atomic mass is 9.93. The average molecular weight is 526 g/mol. The second-order valence-corrected chi connectivity index (χ2v) is 10.8. The molecule has 0 bridgehead atoms. The van der Waals surface area contributed by atoms with E-state index in [1.807, 2.05) is 34.1 Å². The Kier molecular flexibility index (Phi) is 7.70. The summed E-state index contributed by atoms with van der Waals surface area (Å²) in [4.78, 5) is 33.6. The SMILES string of the molecule is O=C(Cc1ccc(F)cc1)N1CCCN(C(=O)CN2CCc3sccc3[C@@H]2c2ccc(Cl)cc2)CC1. The minimum atomic E-state index is -0.308. The molecule has 2 aliphatic heterocycles. The van der Waals surface area contributed by atoms with Crippen LogP contribution in [0.25, 0.3) is 0 Å². The molecule has 36 heavy (non-hydrogen) atoms. The first-order valence-corrected chi connectivity index (χ1v) is 13.6. The standard InChI is InChI=1S/C28H29ClFN3O2S/c29-22-6-4-21(5-7-22)28-24-11-17-36-25(24)10-14-33(28)19-27(35)32-13-1-12-31(15-16-32)26(34)18-20-2-8-23(30)9-3-20/h2-9,11,17,28H,1,10,12-16,18-19H2/t28-/m0/s1. The molecular formula is C28H29ClFN3O2S. The number of nitrogens with zero attached hydrogens (tertiary/aromatic N) is 3. The first-order chi connectivity index (χ1) is 17.5. The maximum atomic E-state index is 13.4. The highest BCUT2D eigenvalue weighted by molar-refractivity contribution is 7.10. The van der Waals surface area contributed by atoms with Crippen molar-refractivity contribution in [3.8, 4) is 0 Å². The van der Waals surface area contributed by atoms with Crippen molar-refractivity contribution in [2.24, 2.45) is 0 Å². The van der Waals surface area contributed by atoms with Gasteiger partial charge in [-0.3, -0.25) is 14.5 Å². The first kappa shape index (κ1) is 24.9. The van der Waals surface area contributed by atoms with E-state index in [1.54, 1.807) is 23.5 Å². The monoisotopic (exact) mass is 525 g/mol. The van der Waals surface area contributed by atoms with Crippen molar-refractivity contribution in [2.75, 3.05) is 39.3 Å². The number of rotatable bonds is 5. The molecule has 3 aromatic rings. The van der Waals surface area contributed by atoms with Crippen LogP contribution in [0.1, 0.15) is 34.0 Å². The Hall–Kier alpha value is -2.74. The molecule has 1 atom stereocenters. The molecule has 8 heteroatoms. The Labute approximate surface area is 220 Å². The fourth-order valence-corrected chi connectivity index (χ4v) is 6.18. The van der Waals surface area contributed by atoms with Gasteiger partial charge >= 0.3 is 0 Å². The summed E-state index contributed by atoms with van der Waals surface area (Å²) < 4.78 is 13.2. The van der Waals surface area contributed by atoms with Crippen LogP contribution in [0.15, 0.2) is 60.0 Å². The summed E-state index contributed by atoms with van der Waals surface area (Å²) in [5.41, 5.74) is 3.21. The largest absolute Gasteiger partial charge is 0.341 e. The third-order valence-corrected chi connectivity index (χ3v) is 8.31. The fraction of sp³-hybridized carbons (Fsp3) is 0.357. The number of fused-ring (bicyclic) bond motifs is 1. The van der Waals surface area contributed by atoms with Gasteiger partial charge < -0.3 is 9.80 Å². The molecule has 1 saturated heterocycles. The van der Waals surface area contributed by atoms with Gasteiger partial charge in [-0.15, -0.1) is 11.3 Å². The van der Waals surface area contributed by atoms with Crippen molar-refractivity contribution < 1.29 is 14.0 Å². The topological polar surface area (TPSA) is 43.9 Å². The average Bonchev–Trinajstić information content (AvgIpc) is 3.21. The first-order valence-electron chi connectivity index (χ1n) is 12.3. The Balaban J connectivity index is 1.23. The molecule has 5 nitrogen and oxygen atoms in total. The molecular weight excluding hydrogens is 497 g/mol. The number of hydrogen-bond donors (Lipinski definition) is 0. The van der Waals surface area contributed by atoms with Crippen molar-refractivity contribution in [2.45, 2.75) is 25.3 Å². The van der Waals surface area contributed by atoms with Gasteiger partial charge in [0.1, 0.15) is 5.82 Å². The summed E-state index contributed by atoms with van der Waals surface area (Å²) in [5.74, 6) is -0.197. The van der Waals surface area contributed by atoms with Crippen molar-refractivity contribution in [3.63, 3.8) is 0 Å². The van der Waals surface area contributed by atoms with Crippen LogP contribution >= 0.6 is 22.9 Å². The number of hydrogen-bond acceptors (Lipinski definition) is 4. The minimum absolute atomic E-state index is 0.0136. The molecule has 3 heterocycles. The molecule has 0 spiro atoms. The van der Waals surface area contributed by atoms with Gasteiger partial charge in [-0.25, -0.2) is 4.39 Å². The van der Waals surface area contributed by atoms with Crippen LogP contribution in [0.4, 0.5) is 4.39 Å². The quantitative estimate of drug-likeness (QED) is 0.481. The maximum Gasteiger partial charge on any atom is 0.236 e. The molecule has 2 aliphatic rings. The number of carbonyl (C=O) groups is 2.